The van der Waals surface area contributed by atoms with Crippen molar-refractivity contribution in [1.29, 1.82) is 0 Å². The molecule has 0 saturated heterocycles. The third-order valence-corrected chi connectivity index (χ3v) is 10.8. The summed E-state index contributed by atoms with van der Waals surface area (Å²) in [7, 11) is -0.327. The highest BCUT2D eigenvalue weighted by Gasteiger charge is 2.49. The van der Waals surface area contributed by atoms with Crippen LogP contribution < -0.4 is 10.4 Å². The minimum atomic E-state index is -2.43. The number of nitrogens with zero attached hydrogens (tertiary/aromatic N) is 1. The van der Waals surface area contributed by atoms with Gasteiger partial charge in [0.25, 0.3) is 8.32 Å². The Morgan fingerprint density at radius 1 is 0.900 bits per heavy atom. The molecule has 0 N–H and O–H groups in total. The zero-order valence-corrected chi connectivity index (χ0v) is 20.6. The van der Waals surface area contributed by atoms with Crippen molar-refractivity contribution < 1.29 is 9.22 Å². The molecular formula is C25H36ClNO2Si. The monoisotopic (exact) mass is 445 g/mol. The molecule has 0 spiro atoms. The zero-order valence-electron chi connectivity index (χ0n) is 18.9. The van der Waals surface area contributed by atoms with Gasteiger partial charge in [0, 0.05) is 13.0 Å². The SMILES string of the molecule is CN(CCCCO[Si](c1ccccc1)(c1ccccc1)C(C)(C)C)CCCC(=O)Cl. The van der Waals surface area contributed by atoms with Gasteiger partial charge < -0.3 is 9.33 Å². The van der Waals surface area contributed by atoms with Crippen LogP contribution in [0.3, 0.4) is 0 Å². The number of hydrogen-bond donors (Lipinski definition) is 0. The predicted octanol–water partition coefficient (Wildman–Crippen LogP) is 4.82. The van der Waals surface area contributed by atoms with E-state index in [0.29, 0.717) is 6.42 Å². The van der Waals surface area contributed by atoms with Crippen molar-refractivity contribution in [3.8, 4) is 0 Å². The first-order chi connectivity index (χ1) is 14.3. The number of carbonyl (C=O) groups excluding carboxylic acids is 1. The van der Waals surface area contributed by atoms with E-state index in [9.17, 15) is 4.79 Å². The molecule has 0 amide bonds. The van der Waals surface area contributed by atoms with Crippen LogP contribution in [-0.4, -0.2) is 45.2 Å². The Kier molecular flexibility index (Phi) is 9.76. The maximum Gasteiger partial charge on any atom is 0.261 e. The van der Waals surface area contributed by atoms with Crippen LogP contribution in [0, 0.1) is 0 Å². The van der Waals surface area contributed by atoms with Crippen LogP contribution in [0.15, 0.2) is 60.7 Å². The van der Waals surface area contributed by atoms with Crippen molar-refractivity contribution in [2.45, 2.75) is 51.5 Å². The van der Waals surface area contributed by atoms with Crippen LogP contribution in [0.1, 0.15) is 46.5 Å². The fourth-order valence-electron chi connectivity index (χ4n) is 4.07. The van der Waals surface area contributed by atoms with E-state index in [1.165, 1.54) is 10.4 Å². The van der Waals surface area contributed by atoms with Crippen molar-refractivity contribution in [1.82, 2.24) is 4.90 Å². The fraction of sp³-hybridized carbons (Fsp3) is 0.480. The standard InChI is InChI=1S/C25H36ClNO2Si/c1-25(2,3)30(22-14-7-5-8-15-22,23-16-9-6-10-17-23)29-21-12-11-19-27(4)20-13-18-24(26)28/h5-10,14-17H,11-13,18-21H2,1-4H3. The summed E-state index contributed by atoms with van der Waals surface area (Å²) in [4.78, 5) is 13.1. The minimum Gasteiger partial charge on any atom is -0.407 e. The summed E-state index contributed by atoms with van der Waals surface area (Å²) in [6.07, 6.45) is 3.35. The van der Waals surface area contributed by atoms with E-state index in [1.54, 1.807) is 0 Å². The molecule has 164 valence electrons. The summed E-state index contributed by atoms with van der Waals surface area (Å²) in [5.41, 5.74) is 0. The summed E-state index contributed by atoms with van der Waals surface area (Å²) in [5.74, 6) is 0. The van der Waals surface area contributed by atoms with Gasteiger partial charge in [-0.25, -0.2) is 0 Å². The van der Waals surface area contributed by atoms with Gasteiger partial charge >= 0.3 is 0 Å². The third kappa shape index (κ3) is 6.78. The van der Waals surface area contributed by atoms with Crippen molar-refractivity contribution in [3.63, 3.8) is 0 Å². The normalized spacial score (nSPS) is 12.3. The van der Waals surface area contributed by atoms with E-state index in [0.717, 1.165) is 39.0 Å². The lowest BCUT2D eigenvalue weighted by atomic mass is 10.2. The molecule has 30 heavy (non-hydrogen) atoms. The molecule has 2 aromatic rings. The lowest BCUT2D eigenvalue weighted by molar-refractivity contribution is -0.111. The Balaban J connectivity index is 2.06. The van der Waals surface area contributed by atoms with E-state index in [4.69, 9.17) is 16.0 Å². The van der Waals surface area contributed by atoms with Crippen LogP contribution in [-0.2, 0) is 9.22 Å². The second kappa shape index (κ2) is 11.8. The quantitative estimate of drug-likeness (QED) is 0.266. The minimum absolute atomic E-state index is 0.0145. The number of benzene rings is 2. The van der Waals surface area contributed by atoms with Crippen molar-refractivity contribution in [3.05, 3.63) is 60.7 Å². The molecule has 0 atom stereocenters. The molecule has 2 rings (SSSR count). The average Bonchev–Trinajstić information content (AvgIpc) is 2.71. The summed E-state index contributed by atoms with van der Waals surface area (Å²) in [6, 6.07) is 21.6. The average molecular weight is 446 g/mol. The maximum atomic E-state index is 10.9. The summed E-state index contributed by atoms with van der Waals surface area (Å²) >= 11 is 5.42. The largest absolute Gasteiger partial charge is 0.407 e. The highest BCUT2D eigenvalue weighted by atomic mass is 35.5. The van der Waals surface area contributed by atoms with Crippen LogP contribution in [0.4, 0.5) is 0 Å². The molecule has 0 bridgehead atoms. The van der Waals surface area contributed by atoms with E-state index in [-0.39, 0.29) is 10.3 Å². The van der Waals surface area contributed by atoms with Gasteiger partial charge in [-0.2, -0.15) is 0 Å². The molecule has 0 aromatic heterocycles. The predicted molar refractivity (Wildman–Crippen MR) is 130 cm³/mol. The molecule has 2 aromatic carbocycles. The second-order valence-corrected chi connectivity index (χ2v) is 13.7. The van der Waals surface area contributed by atoms with E-state index < -0.39 is 8.32 Å². The topological polar surface area (TPSA) is 29.5 Å². The molecule has 0 heterocycles. The van der Waals surface area contributed by atoms with E-state index >= 15 is 0 Å². The summed E-state index contributed by atoms with van der Waals surface area (Å²) in [5, 5.41) is 2.42. The highest BCUT2D eigenvalue weighted by molar-refractivity contribution is 6.99. The molecule has 0 fully saturated rings. The zero-order chi connectivity index (χ0) is 22.0. The molecule has 0 radical (unpaired) electrons. The summed E-state index contributed by atoms with van der Waals surface area (Å²) in [6.45, 7) is 9.58. The Bertz CT molecular complexity index is 722. The molecule has 3 nitrogen and oxygen atoms in total. The van der Waals surface area contributed by atoms with Crippen LogP contribution >= 0.6 is 11.6 Å². The molecular weight excluding hydrogens is 410 g/mol. The van der Waals surface area contributed by atoms with Crippen LogP contribution in [0.2, 0.25) is 5.04 Å². The van der Waals surface area contributed by atoms with E-state index in [1.807, 2.05) is 0 Å². The molecule has 0 aliphatic heterocycles. The Hall–Kier alpha value is -1.46. The molecule has 0 saturated carbocycles. The van der Waals surface area contributed by atoms with Crippen molar-refractivity contribution >= 4 is 35.5 Å². The Morgan fingerprint density at radius 2 is 1.40 bits per heavy atom. The first-order valence-electron chi connectivity index (χ1n) is 10.9. The first kappa shape index (κ1) is 24.8. The van der Waals surface area contributed by atoms with Gasteiger partial charge in [0.05, 0.1) is 0 Å². The van der Waals surface area contributed by atoms with Crippen LogP contribution in [0.25, 0.3) is 0 Å². The van der Waals surface area contributed by atoms with Gasteiger partial charge in [0.1, 0.15) is 0 Å². The number of hydrogen-bond acceptors (Lipinski definition) is 3. The van der Waals surface area contributed by atoms with E-state index in [2.05, 4.69) is 93.4 Å². The second-order valence-electron chi connectivity index (χ2n) is 8.98. The maximum absolute atomic E-state index is 10.9. The molecule has 0 aliphatic carbocycles. The van der Waals surface area contributed by atoms with Crippen LogP contribution in [0.5, 0.6) is 0 Å². The van der Waals surface area contributed by atoms with Gasteiger partial charge in [-0.05, 0) is 66.4 Å². The van der Waals surface area contributed by atoms with Gasteiger partial charge in [0.15, 0.2) is 0 Å². The molecule has 0 aliphatic rings. The molecule has 0 unspecified atom stereocenters. The number of unbranched alkanes of at least 4 members (excludes halogenated alkanes) is 1. The third-order valence-electron chi connectivity index (χ3n) is 5.58. The van der Waals surface area contributed by atoms with Crippen molar-refractivity contribution in [2.75, 3.05) is 26.7 Å². The van der Waals surface area contributed by atoms with Gasteiger partial charge in [-0.15, -0.1) is 0 Å². The van der Waals surface area contributed by atoms with Crippen molar-refractivity contribution in [2.24, 2.45) is 0 Å². The number of halogens is 1. The van der Waals surface area contributed by atoms with Gasteiger partial charge in [-0.1, -0.05) is 81.4 Å². The first-order valence-corrected chi connectivity index (χ1v) is 13.2. The fourth-order valence-corrected chi connectivity index (χ4v) is 8.81. The van der Waals surface area contributed by atoms with Gasteiger partial charge in [-0.3, -0.25) is 4.79 Å². The lowest BCUT2D eigenvalue weighted by Crippen LogP contribution is -2.66. The lowest BCUT2D eigenvalue weighted by Gasteiger charge is -2.43. The Morgan fingerprint density at radius 3 is 1.87 bits per heavy atom. The summed E-state index contributed by atoms with van der Waals surface area (Å²) < 4.78 is 6.92. The van der Waals surface area contributed by atoms with Gasteiger partial charge in [0.2, 0.25) is 5.24 Å². The number of carbonyl (C=O) groups is 1. The molecule has 5 heteroatoms. The highest BCUT2D eigenvalue weighted by Crippen LogP contribution is 2.36. The smallest absolute Gasteiger partial charge is 0.261 e. The number of rotatable bonds is 12. The Labute approximate surface area is 188 Å².